The van der Waals surface area contributed by atoms with E-state index >= 15 is 0 Å². The molecule has 0 bridgehead atoms. The SMILES string of the molecule is COc1ccc(-c2nc(=S)c3c([nH]2)Oc2ccccc2C3)cc1OC. The van der Waals surface area contributed by atoms with Crippen molar-refractivity contribution >= 4 is 12.2 Å². The van der Waals surface area contributed by atoms with Crippen LogP contribution in [-0.2, 0) is 6.42 Å². The minimum absolute atomic E-state index is 0.535. The van der Waals surface area contributed by atoms with Crippen LogP contribution in [0.4, 0.5) is 0 Å². The lowest BCUT2D eigenvalue weighted by molar-refractivity contribution is 0.355. The van der Waals surface area contributed by atoms with Gasteiger partial charge in [-0.1, -0.05) is 30.4 Å². The van der Waals surface area contributed by atoms with E-state index in [0.29, 0.717) is 34.3 Å². The highest BCUT2D eigenvalue weighted by atomic mass is 32.1. The van der Waals surface area contributed by atoms with Crippen molar-refractivity contribution in [2.24, 2.45) is 0 Å². The Balaban J connectivity index is 1.79. The van der Waals surface area contributed by atoms with Crippen molar-refractivity contribution in [3.8, 4) is 34.5 Å². The van der Waals surface area contributed by atoms with Gasteiger partial charge in [0.1, 0.15) is 16.2 Å². The van der Waals surface area contributed by atoms with Crippen LogP contribution in [0.5, 0.6) is 23.1 Å². The van der Waals surface area contributed by atoms with Gasteiger partial charge in [0.15, 0.2) is 11.5 Å². The fraction of sp³-hybridized carbons (Fsp3) is 0.158. The Morgan fingerprint density at radius 1 is 1.08 bits per heavy atom. The number of ether oxygens (including phenoxy) is 3. The first-order valence-electron chi connectivity index (χ1n) is 7.81. The number of nitrogens with zero attached hydrogens (tertiary/aromatic N) is 1. The van der Waals surface area contributed by atoms with E-state index in [2.05, 4.69) is 9.97 Å². The number of para-hydroxylation sites is 1. The maximum absolute atomic E-state index is 6.00. The number of nitrogens with one attached hydrogen (secondary N) is 1. The van der Waals surface area contributed by atoms with Gasteiger partial charge in [0.05, 0.1) is 19.8 Å². The molecule has 1 N–H and O–H groups in total. The summed E-state index contributed by atoms with van der Waals surface area (Å²) in [6.07, 6.45) is 0.708. The zero-order valence-corrected chi connectivity index (χ0v) is 14.6. The lowest BCUT2D eigenvalue weighted by Gasteiger charge is -2.20. The highest BCUT2D eigenvalue weighted by Gasteiger charge is 2.20. The second-order valence-corrected chi connectivity index (χ2v) is 6.04. The number of aromatic nitrogens is 2. The molecule has 0 radical (unpaired) electrons. The Hall–Kier alpha value is -2.86. The van der Waals surface area contributed by atoms with E-state index in [9.17, 15) is 0 Å². The number of hydrogen-bond acceptors (Lipinski definition) is 5. The van der Waals surface area contributed by atoms with Crippen LogP contribution in [-0.4, -0.2) is 24.2 Å². The molecule has 0 saturated heterocycles. The average molecular weight is 352 g/mol. The van der Waals surface area contributed by atoms with Crippen LogP contribution in [0.15, 0.2) is 42.5 Å². The zero-order valence-electron chi connectivity index (χ0n) is 13.8. The van der Waals surface area contributed by atoms with E-state index < -0.39 is 0 Å². The standard InChI is InChI=1S/C19H16N2O3S/c1-22-15-8-7-12(10-16(15)23-2)17-20-18-13(19(25)21-17)9-11-5-3-4-6-14(11)24-18/h3-8,10H,9H2,1-2H3,(H,20,21,25). The summed E-state index contributed by atoms with van der Waals surface area (Å²) in [6.45, 7) is 0. The van der Waals surface area contributed by atoms with Crippen molar-refractivity contribution in [2.75, 3.05) is 14.2 Å². The third-order valence-corrected chi connectivity index (χ3v) is 4.52. The number of H-pyrrole nitrogens is 1. The molecular formula is C19H16N2O3S. The smallest absolute Gasteiger partial charge is 0.205 e. The third kappa shape index (κ3) is 2.74. The molecule has 0 saturated carbocycles. The van der Waals surface area contributed by atoms with Gasteiger partial charge in [0.25, 0.3) is 0 Å². The lowest BCUT2D eigenvalue weighted by atomic mass is 10.0. The maximum atomic E-state index is 6.00. The Labute approximate surface area is 150 Å². The number of benzene rings is 2. The predicted octanol–water partition coefficient (Wildman–Crippen LogP) is 4.52. The van der Waals surface area contributed by atoms with Gasteiger partial charge in [-0.2, -0.15) is 0 Å². The summed E-state index contributed by atoms with van der Waals surface area (Å²) in [5.74, 6) is 3.40. The van der Waals surface area contributed by atoms with Gasteiger partial charge in [-0.3, -0.25) is 0 Å². The molecule has 126 valence electrons. The normalized spacial score (nSPS) is 11.9. The van der Waals surface area contributed by atoms with E-state index in [0.717, 1.165) is 22.4 Å². The van der Waals surface area contributed by atoms with Crippen molar-refractivity contribution in [1.29, 1.82) is 0 Å². The summed E-state index contributed by atoms with van der Waals surface area (Å²) < 4.78 is 17.2. The summed E-state index contributed by atoms with van der Waals surface area (Å²) in [6, 6.07) is 13.5. The minimum atomic E-state index is 0.535. The molecule has 0 amide bonds. The first-order chi connectivity index (χ1) is 12.2. The predicted molar refractivity (Wildman–Crippen MR) is 97.3 cm³/mol. The van der Waals surface area contributed by atoms with Crippen LogP contribution in [0.1, 0.15) is 11.1 Å². The highest BCUT2D eigenvalue weighted by Crippen LogP contribution is 2.37. The maximum Gasteiger partial charge on any atom is 0.205 e. The third-order valence-electron chi connectivity index (χ3n) is 4.19. The quantitative estimate of drug-likeness (QED) is 0.549. The Morgan fingerprint density at radius 2 is 1.88 bits per heavy atom. The Bertz CT molecular complexity index is 1010. The average Bonchev–Trinajstić information content (AvgIpc) is 2.66. The van der Waals surface area contributed by atoms with Crippen LogP contribution in [0.2, 0.25) is 0 Å². The molecule has 1 aliphatic heterocycles. The molecule has 6 heteroatoms. The summed E-state index contributed by atoms with van der Waals surface area (Å²) >= 11 is 5.50. The van der Waals surface area contributed by atoms with Crippen LogP contribution in [0.25, 0.3) is 11.4 Å². The lowest BCUT2D eigenvalue weighted by Crippen LogP contribution is -2.07. The van der Waals surface area contributed by atoms with Crippen molar-refractivity contribution in [3.05, 3.63) is 58.2 Å². The number of aromatic amines is 1. The summed E-state index contributed by atoms with van der Waals surface area (Å²) in [4.78, 5) is 7.80. The molecule has 2 heterocycles. The number of rotatable bonds is 3. The molecule has 3 aromatic rings. The van der Waals surface area contributed by atoms with Crippen molar-refractivity contribution in [1.82, 2.24) is 9.97 Å². The van der Waals surface area contributed by atoms with E-state index in [1.54, 1.807) is 14.2 Å². The van der Waals surface area contributed by atoms with Crippen molar-refractivity contribution < 1.29 is 14.2 Å². The summed E-state index contributed by atoms with van der Waals surface area (Å²) in [5.41, 5.74) is 2.85. The molecule has 0 spiro atoms. The van der Waals surface area contributed by atoms with Crippen LogP contribution >= 0.6 is 12.2 Å². The number of hydrogen-bond donors (Lipinski definition) is 1. The van der Waals surface area contributed by atoms with Crippen LogP contribution in [0, 0.1) is 4.64 Å². The van der Waals surface area contributed by atoms with E-state index in [-0.39, 0.29) is 0 Å². The first kappa shape index (κ1) is 15.7. The molecule has 1 aromatic heterocycles. The topological polar surface area (TPSA) is 56.4 Å². The molecule has 0 atom stereocenters. The fourth-order valence-electron chi connectivity index (χ4n) is 2.89. The molecule has 0 aliphatic carbocycles. The van der Waals surface area contributed by atoms with Crippen LogP contribution in [0.3, 0.4) is 0 Å². The molecule has 1 aliphatic rings. The van der Waals surface area contributed by atoms with Gasteiger partial charge >= 0.3 is 0 Å². The molecule has 5 nitrogen and oxygen atoms in total. The molecule has 25 heavy (non-hydrogen) atoms. The van der Waals surface area contributed by atoms with Gasteiger partial charge in [-0.25, -0.2) is 4.98 Å². The van der Waals surface area contributed by atoms with Gasteiger partial charge in [-0.15, -0.1) is 0 Å². The van der Waals surface area contributed by atoms with Crippen molar-refractivity contribution in [3.63, 3.8) is 0 Å². The molecule has 0 unspecified atom stereocenters. The minimum Gasteiger partial charge on any atom is -0.493 e. The van der Waals surface area contributed by atoms with Gasteiger partial charge in [0.2, 0.25) is 5.88 Å². The fourth-order valence-corrected chi connectivity index (χ4v) is 3.15. The van der Waals surface area contributed by atoms with E-state index in [1.165, 1.54) is 0 Å². The second-order valence-electron chi connectivity index (χ2n) is 5.65. The largest absolute Gasteiger partial charge is 0.493 e. The molecular weight excluding hydrogens is 336 g/mol. The van der Waals surface area contributed by atoms with E-state index in [1.807, 2.05) is 42.5 Å². The molecule has 2 aromatic carbocycles. The Morgan fingerprint density at radius 3 is 2.68 bits per heavy atom. The monoisotopic (exact) mass is 352 g/mol. The summed E-state index contributed by atoms with van der Waals surface area (Å²) in [5, 5.41) is 0. The number of fused-ring (bicyclic) bond motifs is 2. The van der Waals surface area contributed by atoms with Gasteiger partial charge in [0, 0.05) is 12.0 Å². The molecule has 4 rings (SSSR count). The van der Waals surface area contributed by atoms with Gasteiger partial charge in [-0.05, 0) is 29.8 Å². The van der Waals surface area contributed by atoms with Crippen molar-refractivity contribution in [2.45, 2.75) is 6.42 Å². The van der Waals surface area contributed by atoms with Crippen LogP contribution < -0.4 is 14.2 Å². The summed E-state index contributed by atoms with van der Waals surface area (Å²) in [7, 11) is 3.21. The first-order valence-corrected chi connectivity index (χ1v) is 8.22. The molecule has 0 fully saturated rings. The Kier molecular flexibility index (Phi) is 3.89. The van der Waals surface area contributed by atoms with E-state index in [4.69, 9.17) is 26.4 Å². The second kappa shape index (κ2) is 6.22. The van der Waals surface area contributed by atoms with Gasteiger partial charge < -0.3 is 19.2 Å². The zero-order chi connectivity index (χ0) is 17.4. The highest BCUT2D eigenvalue weighted by molar-refractivity contribution is 7.71. The number of methoxy groups -OCH3 is 2.